The highest BCUT2D eigenvalue weighted by Crippen LogP contribution is 2.19. The summed E-state index contributed by atoms with van der Waals surface area (Å²) in [5, 5.41) is 8.71. The Hall–Kier alpha value is -0.613. The van der Waals surface area contributed by atoms with Crippen molar-refractivity contribution < 1.29 is 14.6 Å². The standard InChI is InChI=1S/C18H36O3Si/c1-5-21-18(20)17(16-22(2,3)4)14-12-10-8-6-7-9-11-13-15-19/h14,19H,5-13,15-16H2,1-4H3/b17-14+. The Labute approximate surface area is 138 Å². The van der Waals surface area contributed by atoms with Gasteiger partial charge in [-0.3, -0.25) is 0 Å². The number of carbonyl (C=O) groups is 1. The Kier molecular flexibility index (Phi) is 12.5. The highest BCUT2D eigenvalue weighted by molar-refractivity contribution is 6.77. The minimum absolute atomic E-state index is 0.117. The summed E-state index contributed by atoms with van der Waals surface area (Å²) in [5.74, 6) is -0.117. The van der Waals surface area contributed by atoms with Crippen molar-refractivity contribution in [2.75, 3.05) is 13.2 Å². The van der Waals surface area contributed by atoms with Crippen LogP contribution < -0.4 is 0 Å². The van der Waals surface area contributed by atoms with Crippen molar-refractivity contribution in [2.45, 2.75) is 84.0 Å². The van der Waals surface area contributed by atoms with Gasteiger partial charge in [0, 0.05) is 20.3 Å². The Morgan fingerprint density at radius 1 is 1.00 bits per heavy atom. The lowest BCUT2D eigenvalue weighted by atomic mass is 10.1. The fourth-order valence-electron chi connectivity index (χ4n) is 2.44. The van der Waals surface area contributed by atoms with E-state index in [1.54, 1.807) is 0 Å². The van der Waals surface area contributed by atoms with Gasteiger partial charge in [0.2, 0.25) is 0 Å². The van der Waals surface area contributed by atoms with Crippen LogP contribution in [0.25, 0.3) is 0 Å². The zero-order valence-electron chi connectivity index (χ0n) is 15.1. The quantitative estimate of drug-likeness (QED) is 0.226. The first-order valence-electron chi connectivity index (χ1n) is 8.87. The predicted molar refractivity (Wildman–Crippen MR) is 96.9 cm³/mol. The van der Waals surface area contributed by atoms with Gasteiger partial charge in [-0.05, 0) is 32.2 Å². The van der Waals surface area contributed by atoms with Crippen molar-refractivity contribution in [1.82, 2.24) is 0 Å². The largest absolute Gasteiger partial charge is 0.463 e. The maximum Gasteiger partial charge on any atom is 0.333 e. The molecule has 0 amide bonds. The average Bonchev–Trinajstić information content (AvgIpc) is 2.43. The third-order valence-corrected chi connectivity index (χ3v) is 4.95. The van der Waals surface area contributed by atoms with Crippen LogP contribution in [-0.4, -0.2) is 32.4 Å². The van der Waals surface area contributed by atoms with Gasteiger partial charge in [0.1, 0.15) is 0 Å². The first kappa shape index (κ1) is 21.4. The van der Waals surface area contributed by atoms with E-state index >= 15 is 0 Å². The van der Waals surface area contributed by atoms with Gasteiger partial charge in [0.05, 0.1) is 6.61 Å². The molecule has 0 aliphatic rings. The number of unbranched alkanes of at least 4 members (excludes halogenated alkanes) is 7. The zero-order chi connectivity index (χ0) is 16.8. The molecule has 0 heterocycles. The fraction of sp³-hybridized carbons (Fsp3) is 0.833. The first-order valence-corrected chi connectivity index (χ1v) is 12.6. The minimum Gasteiger partial charge on any atom is -0.463 e. The summed E-state index contributed by atoms with van der Waals surface area (Å²) in [6, 6.07) is 0.910. The highest BCUT2D eigenvalue weighted by atomic mass is 28.3. The van der Waals surface area contributed by atoms with E-state index in [0.29, 0.717) is 13.2 Å². The molecule has 0 saturated carbocycles. The van der Waals surface area contributed by atoms with Crippen LogP contribution in [0, 0.1) is 0 Å². The number of aliphatic hydroxyl groups excluding tert-OH is 1. The monoisotopic (exact) mass is 328 g/mol. The summed E-state index contributed by atoms with van der Waals surface area (Å²) in [5.41, 5.74) is 0.893. The molecule has 4 heteroatoms. The molecule has 22 heavy (non-hydrogen) atoms. The van der Waals surface area contributed by atoms with Crippen molar-refractivity contribution in [1.29, 1.82) is 0 Å². The lowest BCUT2D eigenvalue weighted by molar-refractivity contribution is -0.138. The van der Waals surface area contributed by atoms with Crippen molar-refractivity contribution in [3.05, 3.63) is 11.6 Å². The summed E-state index contributed by atoms with van der Waals surface area (Å²) in [4.78, 5) is 12.0. The molecule has 1 N–H and O–H groups in total. The number of esters is 1. The maximum atomic E-state index is 12.0. The second-order valence-corrected chi connectivity index (χ2v) is 12.6. The SMILES string of the molecule is CCOC(=O)/C(=C/CCCCCCCCCO)C[Si](C)(C)C. The molecule has 0 aromatic carbocycles. The van der Waals surface area contributed by atoms with Crippen LogP contribution in [0.2, 0.25) is 25.7 Å². The van der Waals surface area contributed by atoms with E-state index in [1.807, 2.05) is 6.92 Å². The molecule has 3 nitrogen and oxygen atoms in total. The summed E-state index contributed by atoms with van der Waals surface area (Å²) >= 11 is 0. The molecule has 0 unspecified atom stereocenters. The molecular weight excluding hydrogens is 292 g/mol. The highest BCUT2D eigenvalue weighted by Gasteiger charge is 2.20. The van der Waals surface area contributed by atoms with E-state index in [9.17, 15) is 4.79 Å². The summed E-state index contributed by atoms with van der Waals surface area (Å²) in [6.45, 7) is 9.49. The van der Waals surface area contributed by atoms with Crippen molar-refractivity contribution in [3.63, 3.8) is 0 Å². The number of hydrogen-bond donors (Lipinski definition) is 1. The fourth-order valence-corrected chi connectivity index (χ4v) is 3.87. The van der Waals surface area contributed by atoms with Crippen LogP contribution >= 0.6 is 0 Å². The van der Waals surface area contributed by atoms with Gasteiger partial charge in [-0.15, -0.1) is 0 Å². The maximum absolute atomic E-state index is 12.0. The molecule has 0 atom stereocenters. The van der Waals surface area contributed by atoms with Gasteiger partial charge >= 0.3 is 5.97 Å². The van der Waals surface area contributed by atoms with Gasteiger partial charge in [0.25, 0.3) is 0 Å². The van der Waals surface area contributed by atoms with Crippen molar-refractivity contribution in [2.24, 2.45) is 0 Å². The molecule has 0 fully saturated rings. The zero-order valence-corrected chi connectivity index (χ0v) is 16.1. The van der Waals surface area contributed by atoms with Crippen LogP contribution in [0.5, 0.6) is 0 Å². The predicted octanol–water partition coefficient (Wildman–Crippen LogP) is 4.93. The molecule has 0 aromatic rings. The number of allylic oxidation sites excluding steroid dienone is 1. The summed E-state index contributed by atoms with van der Waals surface area (Å²) < 4.78 is 5.18. The second-order valence-electron chi connectivity index (χ2n) is 7.17. The smallest absolute Gasteiger partial charge is 0.333 e. The second kappa shape index (κ2) is 12.9. The Balaban J connectivity index is 4.02. The molecule has 0 aliphatic carbocycles. The summed E-state index contributed by atoms with van der Waals surface area (Å²) in [6.07, 6.45) is 11.3. The summed E-state index contributed by atoms with van der Waals surface area (Å²) in [7, 11) is -1.30. The molecule has 0 radical (unpaired) electrons. The van der Waals surface area contributed by atoms with Gasteiger partial charge < -0.3 is 9.84 Å². The van der Waals surface area contributed by atoms with Crippen LogP contribution in [0.1, 0.15) is 58.3 Å². The van der Waals surface area contributed by atoms with E-state index in [1.165, 1.54) is 25.7 Å². The Morgan fingerprint density at radius 2 is 1.55 bits per heavy atom. The first-order chi connectivity index (χ1) is 10.4. The van der Waals surface area contributed by atoms with Gasteiger partial charge in [0.15, 0.2) is 0 Å². The molecule has 0 aromatic heterocycles. The van der Waals surface area contributed by atoms with E-state index in [0.717, 1.165) is 37.3 Å². The van der Waals surface area contributed by atoms with Gasteiger partial charge in [-0.1, -0.05) is 57.8 Å². The molecule has 130 valence electrons. The van der Waals surface area contributed by atoms with E-state index < -0.39 is 8.07 Å². The van der Waals surface area contributed by atoms with E-state index in [2.05, 4.69) is 25.7 Å². The van der Waals surface area contributed by atoms with E-state index in [4.69, 9.17) is 9.84 Å². The number of rotatable bonds is 13. The lowest BCUT2D eigenvalue weighted by Gasteiger charge is -2.17. The van der Waals surface area contributed by atoms with E-state index in [-0.39, 0.29) is 5.97 Å². The molecule has 0 saturated heterocycles. The molecule has 0 aliphatic heterocycles. The Morgan fingerprint density at radius 3 is 2.05 bits per heavy atom. The third kappa shape index (κ3) is 13.1. The van der Waals surface area contributed by atoms with Crippen LogP contribution in [0.15, 0.2) is 11.6 Å². The van der Waals surface area contributed by atoms with Crippen molar-refractivity contribution >= 4 is 14.0 Å². The van der Waals surface area contributed by atoms with Gasteiger partial charge in [-0.25, -0.2) is 4.79 Å². The Bertz CT molecular complexity index is 319. The van der Waals surface area contributed by atoms with Gasteiger partial charge in [-0.2, -0.15) is 0 Å². The lowest BCUT2D eigenvalue weighted by Crippen LogP contribution is -2.23. The van der Waals surface area contributed by atoms with Crippen LogP contribution in [0.4, 0.5) is 0 Å². The van der Waals surface area contributed by atoms with Crippen molar-refractivity contribution in [3.8, 4) is 0 Å². The molecule has 0 spiro atoms. The minimum atomic E-state index is -1.30. The van der Waals surface area contributed by atoms with Crippen LogP contribution in [-0.2, 0) is 9.53 Å². The number of aliphatic hydroxyl groups is 1. The number of ether oxygens (including phenoxy) is 1. The molecule has 0 rings (SSSR count). The van der Waals surface area contributed by atoms with Crippen LogP contribution in [0.3, 0.4) is 0 Å². The number of carbonyl (C=O) groups excluding carboxylic acids is 1. The average molecular weight is 329 g/mol. The topological polar surface area (TPSA) is 46.5 Å². The number of hydrogen-bond acceptors (Lipinski definition) is 3. The molecule has 0 bridgehead atoms. The third-order valence-electron chi connectivity index (χ3n) is 3.51. The normalized spacial score (nSPS) is 12.5. The molecular formula is C18H36O3Si.